The predicted octanol–water partition coefficient (Wildman–Crippen LogP) is 1.50. The molecule has 1 aromatic carbocycles. The molecule has 0 saturated heterocycles. The minimum absolute atomic E-state index is 0.145. The fourth-order valence-corrected chi connectivity index (χ4v) is 1.32. The Morgan fingerprint density at radius 1 is 1.50 bits per heavy atom. The van der Waals surface area contributed by atoms with Crippen LogP contribution in [0.15, 0.2) is 33.5 Å². The van der Waals surface area contributed by atoms with Crippen molar-refractivity contribution in [2.45, 2.75) is 20.0 Å². The first-order valence-electron chi connectivity index (χ1n) is 5.04. The molecule has 0 atom stereocenters. The molecule has 0 aliphatic carbocycles. The first kappa shape index (κ1) is 10.5. The van der Waals surface area contributed by atoms with Crippen molar-refractivity contribution >= 4 is 0 Å². The number of hydrogen-bond acceptors (Lipinski definition) is 4. The van der Waals surface area contributed by atoms with Crippen LogP contribution in [0, 0.1) is 0 Å². The molecule has 84 valence electrons. The number of nitrogens with zero attached hydrogens (tertiary/aromatic N) is 1. The van der Waals surface area contributed by atoms with Gasteiger partial charge in [0.2, 0.25) is 0 Å². The molecule has 1 aromatic heterocycles. The molecule has 0 spiro atoms. The maximum atomic E-state index is 10.7. The summed E-state index contributed by atoms with van der Waals surface area (Å²) in [5.74, 6) is 0.415. The lowest BCUT2D eigenvalue weighted by Crippen LogP contribution is -1.96. The highest BCUT2D eigenvalue weighted by atomic mass is 16.5. The zero-order valence-electron chi connectivity index (χ0n) is 8.90. The lowest BCUT2D eigenvalue weighted by atomic mass is 10.2. The Morgan fingerprint density at radius 2 is 2.38 bits per heavy atom. The van der Waals surface area contributed by atoms with E-state index in [1.54, 1.807) is 0 Å². The van der Waals surface area contributed by atoms with E-state index < -0.39 is 5.76 Å². The number of benzene rings is 1. The molecule has 0 aliphatic rings. The van der Waals surface area contributed by atoms with Crippen LogP contribution >= 0.6 is 0 Å². The number of hydrogen-bond donors (Lipinski definition) is 1. The van der Waals surface area contributed by atoms with Crippen molar-refractivity contribution in [3.05, 3.63) is 46.3 Å². The van der Waals surface area contributed by atoms with Gasteiger partial charge in [0.05, 0.1) is 0 Å². The van der Waals surface area contributed by atoms with E-state index in [2.05, 4.69) is 17.1 Å². The number of aromatic nitrogens is 2. The van der Waals surface area contributed by atoms with Gasteiger partial charge in [0, 0.05) is 0 Å². The summed E-state index contributed by atoms with van der Waals surface area (Å²) in [6, 6.07) is 7.76. The molecule has 0 fully saturated rings. The van der Waals surface area contributed by atoms with Crippen LogP contribution in [-0.4, -0.2) is 10.2 Å². The van der Waals surface area contributed by atoms with Crippen molar-refractivity contribution in [2.24, 2.45) is 0 Å². The lowest BCUT2D eigenvalue weighted by molar-refractivity contribution is 0.259. The zero-order chi connectivity index (χ0) is 11.4. The van der Waals surface area contributed by atoms with Gasteiger partial charge in [-0.25, -0.2) is 9.89 Å². The molecule has 5 heteroatoms. The van der Waals surface area contributed by atoms with Gasteiger partial charge >= 0.3 is 5.76 Å². The van der Waals surface area contributed by atoms with E-state index in [-0.39, 0.29) is 12.5 Å². The van der Waals surface area contributed by atoms with Crippen LogP contribution in [0.5, 0.6) is 5.75 Å². The highest BCUT2D eigenvalue weighted by Crippen LogP contribution is 2.14. The van der Waals surface area contributed by atoms with Gasteiger partial charge in [0.1, 0.15) is 5.75 Å². The molecule has 0 aliphatic heterocycles. The van der Waals surface area contributed by atoms with Gasteiger partial charge in [-0.15, -0.1) is 5.10 Å². The predicted molar refractivity (Wildman–Crippen MR) is 57.3 cm³/mol. The number of H-pyrrole nitrogens is 1. The Balaban J connectivity index is 2.01. The summed E-state index contributed by atoms with van der Waals surface area (Å²) >= 11 is 0. The van der Waals surface area contributed by atoms with Crippen molar-refractivity contribution < 1.29 is 9.15 Å². The molecule has 1 heterocycles. The summed E-state index contributed by atoms with van der Waals surface area (Å²) in [4.78, 5) is 10.7. The maximum absolute atomic E-state index is 10.7. The van der Waals surface area contributed by atoms with Crippen LogP contribution in [0.3, 0.4) is 0 Å². The fourth-order valence-electron chi connectivity index (χ4n) is 1.32. The normalized spacial score (nSPS) is 10.3. The third kappa shape index (κ3) is 2.50. The van der Waals surface area contributed by atoms with Crippen molar-refractivity contribution in [3.8, 4) is 5.75 Å². The van der Waals surface area contributed by atoms with Gasteiger partial charge in [-0.2, -0.15) is 0 Å². The van der Waals surface area contributed by atoms with Crippen molar-refractivity contribution in [1.29, 1.82) is 0 Å². The molecule has 0 bridgehead atoms. The summed E-state index contributed by atoms with van der Waals surface area (Å²) in [5.41, 5.74) is 1.20. The Labute approximate surface area is 92.1 Å². The summed E-state index contributed by atoms with van der Waals surface area (Å²) in [6.45, 7) is 2.22. The van der Waals surface area contributed by atoms with Gasteiger partial charge in [0.25, 0.3) is 5.89 Å². The average Bonchev–Trinajstić information content (AvgIpc) is 2.73. The van der Waals surface area contributed by atoms with Crippen LogP contribution in [0.1, 0.15) is 18.4 Å². The lowest BCUT2D eigenvalue weighted by Gasteiger charge is -2.04. The SMILES string of the molecule is CCc1cccc(OCc2n[nH]c(=O)o2)c1. The van der Waals surface area contributed by atoms with E-state index >= 15 is 0 Å². The molecule has 0 radical (unpaired) electrons. The Hall–Kier alpha value is -2.04. The summed E-state index contributed by atoms with van der Waals surface area (Å²) in [7, 11) is 0. The topological polar surface area (TPSA) is 68.1 Å². The van der Waals surface area contributed by atoms with Gasteiger partial charge in [0.15, 0.2) is 6.61 Å². The molecule has 5 nitrogen and oxygen atoms in total. The first-order valence-corrected chi connectivity index (χ1v) is 5.04. The van der Waals surface area contributed by atoms with Crippen LogP contribution in [0.25, 0.3) is 0 Å². The first-order chi connectivity index (χ1) is 7.78. The van der Waals surface area contributed by atoms with E-state index in [4.69, 9.17) is 9.15 Å². The van der Waals surface area contributed by atoms with E-state index in [9.17, 15) is 4.79 Å². The van der Waals surface area contributed by atoms with Gasteiger partial charge in [-0.05, 0) is 24.1 Å². The van der Waals surface area contributed by atoms with Gasteiger partial charge < -0.3 is 9.15 Å². The number of nitrogens with one attached hydrogen (secondary N) is 1. The number of aryl methyl sites for hydroxylation is 1. The van der Waals surface area contributed by atoms with Crippen molar-refractivity contribution in [2.75, 3.05) is 0 Å². The Kier molecular flexibility index (Phi) is 3.05. The second kappa shape index (κ2) is 4.65. The summed E-state index contributed by atoms with van der Waals surface area (Å²) < 4.78 is 10.1. The number of ether oxygens (including phenoxy) is 1. The van der Waals surface area contributed by atoms with Gasteiger partial charge in [-0.3, -0.25) is 0 Å². The molecule has 0 saturated carbocycles. The van der Waals surface area contributed by atoms with E-state index in [1.807, 2.05) is 24.3 Å². The Bertz CT molecular complexity index is 516. The summed E-state index contributed by atoms with van der Waals surface area (Å²) in [5, 5.41) is 5.82. The third-order valence-corrected chi connectivity index (χ3v) is 2.15. The zero-order valence-corrected chi connectivity index (χ0v) is 8.90. The second-order valence-corrected chi connectivity index (χ2v) is 3.30. The average molecular weight is 220 g/mol. The largest absolute Gasteiger partial charge is 0.484 e. The van der Waals surface area contributed by atoms with Crippen molar-refractivity contribution in [1.82, 2.24) is 10.2 Å². The van der Waals surface area contributed by atoms with Crippen LogP contribution < -0.4 is 10.5 Å². The van der Waals surface area contributed by atoms with Crippen LogP contribution in [-0.2, 0) is 13.0 Å². The second-order valence-electron chi connectivity index (χ2n) is 3.30. The van der Waals surface area contributed by atoms with Crippen LogP contribution in [0.2, 0.25) is 0 Å². The third-order valence-electron chi connectivity index (χ3n) is 2.15. The van der Waals surface area contributed by atoms with E-state index in [0.717, 1.165) is 12.2 Å². The molecular weight excluding hydrogens is 208 g/mol. The minimum Gasteiger partial charge on any atom is -0.484 e. The van der Waals surface area contributed by atoms with Gasteiger partial charge in [-0.1, -0.05) is 19.1 Å². The molecule has 2 aromatic rings. The monoisotopic (exact) mass is 220 g/mol. The molecule has 1 N–H and O–H groups in total. The number of aromatic amines is 1. The molecule has 0 unspecified atom stereocenters. The maximum Gasteiger partial charge on any atom is 0.434 e. The van der Waals surface area contributed by atoms with Crippen molar-refractivity contribution in [3.63, 3.8) is 0 Å². The Morgan fingerprint density at radius 3 is 3.06 bits per heavy atom. The van der Waals surface area contributed by atoms with E-state index in [0.29, 0.717) is 0 Å². The highest BCUT2D eigenvalue weighted by Gasteiger charge is 2.02. The summed E-state index contributed by atoms with van der Waals surface area (Å²) in [6.07, 6.45) is 0.953. The molecule has 2 rings (SSSR count). The number of rotatable bonds is 4. The standard InChI is InChI=1S/C11H12N2O3/c1-2-8-4-3-5-9(6-8)15-7-10-12-13-11(14)16-10/h3-6H,2,7H2,1H3,(H,13,14). The quantitative estimate of drug-likeness (QED) is 0.847. The highest BCUT2D eigenvalue weighted by molar-refractivity contribution is 5.28. The minimum atomic E-state index is -0.569. The fraction of sp³-hybridized carbons (Fsp3) is 0.273. The molecule has 16 heavy (non-hydrogen) atoms. The molecule has 0 amide bonds. The smallest absolute Gasteiger partial charge is 0.434 e. The van der Waals surface area contributed by atoms with E-state index in [1.165, 1.54) is 5.56 Å². The van der Waals surface area contributed by atoms with Crippen LogP contribution in [0.4, 0.5) is 0 Å². The molecular formula is C11H12N2O3.